The van der Waals surface area contributed by atoms with E-state index in [0.29, 0.717) is 13.0 Å². The van der Waals surface area contributed by atoms with Gasteiger partial charge in [-0.15, -0.1) is 0 Å². The van der Waals surface area contributed by atoms with E-state index in [2.05, 4.69) is 26.1 Å². The zero-order valence-electron chi connectivity index (χ0n) is 8.31. The van der Waals surface area contributed by atoms with Crippen LogP contribution in [0.1, 0.15) is 33.6 Å². The highest BCUT2D eigenvalue weighted by Crippen LogP contribution is 2.10. The second kappa shape index (κ2) is 5.14. The molecule has 0 aromatic heterocycles. The number of nitrogens with one attached hydrogen (secondary N) is 1. The third kappa shape index (κ3) is 7.54. The number of carbonyl (C=O) groups excluding carboxylic acids is 1. The van der Waals surface area contributed by atoms with Crippen LogP contribution < -0.4 is 11.1 Å². The Kier molecular flexibility index (Phi) is 4.90. The van der Waals surface area contributed by atoms with Gasteiger partial charge < -0.3 is 11.1 Å². The molecule has 0 rings (SSSR count). The van der Waals surface area contributed by atoms with E-state index >= 15 is 0 Å². The molecule has 0 bridgehead atoms. The molecule has 0 saturated heterocycles. The number of hydrogen-bond acceptors (Lipinski definition) is 2. The van der Waals surface area contributed by atoms with E-state index in [4.69, 9.17) is 5.73 Å². The molecule has 3 nitrogen and oxygen atoms in total. The van der Waals surface area contributed by atoms with Crippen LogP contribution in [0.15, 0.2) is 0 Å². The van der Waals surface area contributed by atoms with E-state index in [0.717, 1.165) is 13.0 Å². The fourth-order valence-electron chi connectivity index (χ4n) is 0.715. The summed E-state index contributed by atoms with van der Waals surface area (Å²) in [6, 6.07) is 0. The molecule has 0 aliphatic rings. The van der Waals surface area contributed by atoms with Crippen LogP contribution in [0.25, 0.3) is 0 Å². The van der Waals surface area contributed by atoms with Crippen molar-refractivity contribution in [2.75, 3.05) is 13.1 Å². The minimum absolute atomic E-state index is 0.107. The first-order chi connectivity index (χ1) is 5.45. The topological polar surface area (TPSA) is 55.1 Å². The monoisotopic (exact) mass is 172 g/mol. The van der Waals surface area contributed by atoms with Crippen LogP contribution in [0.3, 0.4) is 0 Å². The second-order valence-electron chi connectivity index (χ2n) is 4.23. The highest BCUT2D eigenvalue weighted by Gasteiger charge is 2.10. The van der Waals surface area contributed by atoms with Crippen molar-refractivity contribution < 1.29 is 4.79 Å². The molecule has 3 heteroatoms. The van der Waals surface area contributed by atoms with Gasteiger partial charge in [-0.05, 0) is 18.4 Å². The molecule has 0 spiro atoms. The van der Waals surface area contributed by atoms with Crippen LogP contribution in [0.5, 0.6) is 0 Å². The number of carbonyl (C=O) groups is 1. The minimum atomic E-state index is 0.107. The Hall–Kier alpha value is -0.570. The van der Waals surface area contributed by atoms with Crippen LogP contribution in [0.2, 0.25) is 0 Å². The van der Waals surface area contributed by atoms with Gasteiger partial charge in [0, 0.05) is 13.0 Å². The van der Waals surface area contributed by atoms with Gasteiger partial charge in [0.25, 0.3) is 0 Å². The molecule has 0 aromatic carbocycles. The molecule has 12 heavy (non-hydrogen) atoms. The van der Waals surface area contributed by atoms with E-state index in [9.17, 15) is 4.79 Å². The van der Waals surface area contributed by atoms with Gasteiger partial charge in [-0.25, -0.2) is 0 Å². The highest BCUT2D eigenvalue weighted by molar-refractivity contribution is 5.75. The molecule has 0 aliphatic carbocycles. The molecular formula is C9H20N2O. The fraction of sp³-hybridized carbons (Fsp3) is 0.889. The molecule has 0 fully saturated rings. The summed E-state index contributed by atoms with van der Waals surface area (Å²) in [7, 11) is 0. The Balaban J connectivity index is 3.44. The molecular weight excluding hydrogens is 152 g/mol. The lowest BCUT2D eigenvalue weighted by Crippen LogP contribution is -2.32. The number of hydrogen-bond donors (Lipinski definition) is 2. The van der Waals surface area contributed by atoms with E-state index < -0.39 is 0 Å². The molecule has 0 atom stereocenters. The Labute approximate surface area is 74.7 Å². The number of nitrogens with two attached hydrogens (primary N) is 1. The van der Waals surface area contributed by atoms with Gasteiger partial charge >= 0.3 is 0 Å². The summed E-state index contributed by atoms with van der Waals surface area (Å²) in [5.74, 6) is 0.107. The molecule has 0 aliphatic heterocycles. The van der Waals surface area contributed by atoms with Crippen LogP contribution in [0.4, 0.5) is 0 Å². The van der Waals surface area contributed by atoms with E-state index in [1.54, 1.807) is 0 Å². The lowest BCUT2D eigenvalue weighted by molar-refractivity contribution is -0.121. The van der Waals surface area contributed by atoms with E-state index in [1.807, 2.05) is 0 Å². The SMILES string of the molecule is CC(C)(C)CNC(=O)CCCN. The lowest BCUT2D eigenvalue weighted by atomic mass is 9.97. The molecule has 72 valence electrons. The Morgan fingerprint density at radius 3 is 2.42 bits per heavy atom. The summed E-state index contributed by atoms with van der Waals surface area (Å²) < 4.78 is 0. The first-order valence-corrected chi connectivity index (χ1v) is 4.42. The van der Waals surface area contributed by atoms with Crippen molar-refractivity contribution in [1.82, 2.24) is 5.32 Å². The largest absolute Gasteiger partial charge is 0.356 e. The summed E-state index contributed by atoms with van der Waals surface area (Å²) in [5.41, 5.74) is 5.44. The summed E-state index contributed by atoms with van der Waals surface area (Å²) in [4.78, 5) is 11.1. The summed E-state index contributed by atoms with van der Waals surface area (Å²) in [6.07, 6.45) is 1.32. The predicted octanol–water partition coefficient (Wildman–Crippen LogP) is 0.888. The Bertz CT molecular complexity index is 138. The first-order valence-electron chi connectivity index (χ1n) is 4.42. The maximum absolute atomic E-state index is 11.1. The Morgan fingerprint density at radius 1 is 1.42 bits per heavy atom. The van der Waals surface area contributed by atoms with Gasteiger partial charge in [-0.3, -0.25) is 4.79 Å². The summed E-state index contributed by atoms with van der Waals surface area (Å²) in [5, 5.41) is 2.86. The third-order valence-electron chi connectivity index (χ3n) is 1.42. The zero-order valence-corrected chi connectivity index (χ0v) is 8.31. The molecule has 0 unspecified atom stereocenters. The fourth-order valence-corrected chi connectivity index (χ4v) is 0.715. The van der Waals surface area contributed by atoms with Crippen molar-refractivity contribution in [3.8, 4) is 0 Å². The standard InChI is InChI=1S/C9H20N2O/c1-9(2,3)7-11-8(12)5-4-6-10/h4-7,10H2,1-3H3,(H,11,12). The second-order valence-corrected chi connectivity index (χ2v) is 4.23. The van der Waals surface area contributed by atoms with Crippen LogP contribution in [0, 0.1) is 5.41 Å². The van der Waals surface area contributed by atoms with Gasteiger partial charge in [-0.1, -0.05) is 20.8 Å². The van der Waals surface area contributed by atoms with Gasteiger partial charge in [0.2, 0.25) is 5.91 Å². The number of amides is 1. The van der Waals surface area contributed by atoms with Crippen molar-refractivity contribution in [2.45, 2.75) is 33.6 Å². The quantitative estimate of drug-likeness (QED) is 0.661. The average Bonchev–Trinajstić information content (AvgIpc) is 1.95. The lowest BCUT2D eigenvalue weighted by Gasteiger charge is -2.18. The molecule has 0 aromatic rings. The molecule has 3 N–H and O–H groups in total. The van der Waals surface area contributed by atoms with Crippen molar-refractivity contribution in [1.29, 1.82) is 0 Å². The number of rotatable bonds is 4. The van der Waals surface area contributed by atoms with Crippen LogP contribution in [-0.4, -0.2) is 19.0 Å². The Morgan fingerprint density at radius 2 is 2.00 bits per heavy atom. The first kappa shape index (κ1) is 11.4. The molecule has 0 radical (unpaired) electrons. The normalized spacial score (nSPS) is 11.3. The molecule has 0 heterocycles. The smallest absolute Gasteiger partial charge is 0.220 e. The highest BCUT2D eigenvalue weighted by atomic mass is 16.1. The van der Waals surface area contributed by atoms with Crippen molar-refractivity contribution >= 4 is 5.91 Å². The molecule has 1 amide bonds. The maximum Gasteiger partial charge on any atom is 0.220 e. The molecule has 0 saturated carbocycles. The van der Waals surface area contributed by atoms with E-state index in [-0.39, 0.29) is 11.3 Å². The van der Waals surface area contributed by atoms with Crippen molar-refractivity contribution in [3.05, 3.63) is 0 Å². The van der Waals surface area contributed by atoms with E-state index in [1.165, 1.54) is 0 Å². The van der Waals surface area contributed by atoms with Gasteiger partial charge in [0.05, 0.1) is 0 Å². The average molecular weight is 172 g/mol. The van der Waals surface area contributed by atoms with Crippen LogP contribution >= 0.6 is 0 Å². The minimum Gasteiger partial charge on any atom is -0.356 e. The van der Waals surface area contributed by atoms with Crippen molar-refractivity contribution in [2.24, 2.45) is 11.1 Å². The summed E-state index contributed by atoms with van der Waals surface area (Å²) >= 11 is 0. The zero-order chi connectivity index (χ0) is 9.61. The maximum atomic E-state index is 11.1. The van der Waals surface area contributed by atoms with Crippen molar-refractivity contribution in [3.63, 3.8) is 0 Å². The predicted molar refractivity (Wildman–Crippen MR) is 50.8 cm³/mol. The summed E-state index contributed by atoms with van der Waals surface area (Å²) in [6.45, 7) is 7.60. The van der Waals surface area contributed by atoms with Gasteiger partial charge in [0.1, 0.15) is 0 Å². The van der Waals surface area contributed by atoms with Gasteiger partial charge in [-0.2, -0.15) is 0 Å². The van der Waals surface area contributed by atoms with Gasteiger partial charge in [0.15, 0.2) is 0 Å². The van der Waals surface area contributed by atoms with Crippen LogP contribution in [-0.2, 0) is 4.79 Å². The third-order valence-corrected chi connectivity index (χ3v) is 1.42.